The van der Waals surface area contributed by atoms with Crippen LogP contribution in [0.15, 0.2) is 24.3 Å². The lowest BCUT2D eigenvalue weighted by molar-refractivity contribution is -0.131. The molecule has 2 aliphatic rings. The van der Waals surface area contributed by atoms with Gasteiger partial charge in [0.2, 0.25) is 11.8 Å². The fourth-order valence-electron chi connectivity index (χ4n) is 3.28. The maximum Gasteiger partial charge on any atom is 0.224 e. The van der Waals surface area contributed by atoms with Crippen molar-refractivity contribution in [3.8, 4) is 0 Å². The first-order chi connectivity index (χ1) is 11.1. The fraction of sp³-hybridized carbons (Fsp3) is 0.579. The average molecular weight is 314 g/mol. The van der Waals surface area contributed by atoms with Crippen molar-refractivity contribution in [1.29, 1.82) is 0 Å². The molecule has 1 heterocycles. The van der Waals surface area contributed by atoms with Gasteiger partial charge in [-0.3, -0.25) is 9.59 Å². The Kier molecular flexibility index (Phi) is 4.99. The number of aryl methyl sites for hydroxylation is 1. The summed E-state index contributed by atoms with van der Waals surface area (Å²) >= 11 is 0. The maximum atomic E-state index is 12.3. The van der Waals surface area contributed by atoms with Crippen LogP contribution in [-0.4, -0.2) is 29.8 Å². The Hall–Kier alpha value is -1.84. The van der Waals surface area contributed by atoms with E-state index in [1.165, 1.54) is 12.8 Å². The second-order valence-corrected chi connectivity index (χ2v) is 7.04. The van der Waals surface area contributed by atoms with Crippen LogP contribution in [0.4, 0.5) is 5.69 Å². The fourth-order valence-corrected chi connectivity index (χ4v) is 3.28. The lowest BCUT2D eigenvalue weighted by atomic mass is 9.96. The van der Waals surface area contributed by atoms with Crippen molar-refractivity contribution in [2.45, 2.75) is 45.4 Å². The second kappa shape index (κ2) is 7.16. The monoisotopic (exact) mass is 314 g/mol. The van der Waals surface area contributed by atoms with E-state index in [9.17, 15) is 9.59 Å². The molecule has 23 heavy (non-hydrogen) atoms. The summed E-state index contributed by atoms with van der Waals surface area (Å²) in [5.74, 6) is 1.39. The molecular weight excluding hydrogens is 288 g/mol. The van der Waals surface area contributed by atoms with E-state index in [0.717, 1.165) is 43.1 Å². The summed E-state index contributed by atoms with van der Waals surface area (Å²) in [5, 5.41) is 3.01. The quantitative estimate of drug-likeness (QED) is 0.906. The standard InChI is InChI=1S/C19H26N2O2/c1-14-4-2-3-5-17(14)20-18(22)12-15-8-9-19(23)21(11-10-15)13-16-6-7-16/h2-5,15-16H,6-13H2,1H3,(H,20,22). The molecule has 2 amide bonds. The van der Waals surface area contributed by atoms with E-state index < -0.39 is 0 Å². The number of carbonyl (C=O) groups is 2. The minimum atomic E-state index is 0.0624. The molecule has 1 saturated heterocycles. The van der Waals surface area contributed by atoms with Crippen LogP contribution in [-0.2, 0) is 9.59 Å². The van der Waals surface area contributed by atoms with Crippen LogP contribution in [0.5, 0.6) is 0 Å². The SMILES string of the molecule is Cc1ccccc1NC(=O)CC1CCC(=O)N(CC2CC2)CC1. The molecule has 1 aromatic rings. The van der Waals surface area contributed by atoms with E-state index in [1.807, 2.05) is 36.1 Å². The Balaban J connectivity index is 1.50. The molecule has 0 radical (unpaired) electrons. The van der Waals surface area contributed by atoms with Crippen LogP contribution in [0, 0.1) is 18.8 Å². The van der Waals surface area contributed by atoms with Crippen molar-refractivity contribution in [1.82, 2.24) is 4.90 Å². The topological polar surface area (TPSA) is 49.4 Å². The zero-order valence-corrected chi connectivity index (χ0v) is 13.9. The lowest BCUT2D eigenvalue weighted by Gasteiger charge is -2.20. The van der Waals surface area contributed by atoms with Gasteiger partial charge in [-0.15, -0.1) is 0 Å². The summed E-state index contributed by atoms with van der Waals surface area (Å²) in [4.78, 5) is 26.5. The smallest absolute Gasteiger partial charge is 0.224 e. The van der Waals surface area contributed by atoms with Crippen molar-refractivity contribution in [3.63, 3.8) is 0 Å². The first kappa shape index (κ1) is 16.0. The molecule has 124 valence electrons. The summed E-state index contributed by atoms with van der Waals surface area (Å²) in [6.45, 7) is 3.74. The van der Waals surface area contributed by atoms with Gasteiger partial charge in [-0.2, -0.15) is 0 Å². The number of carbonyl (C=O) groups excluding carboxylic acids is 2. The molecule has 2 fully saturated rings. The molecule has 0 spiro atoms. The van der Waals surface area contributed by atoms with Crippen LogP contribution in [0.1, 0.15) is 44.1 Å². The Morgan fingerprint density at radius 3 is 2.70 bits per heavy atom. The summed E-state index contributed by atoms with van der Waals surface area (Å²) in [5.41, 5.74) is 1.96. The first-order valence-electron chi connectivity index (χ1n) is 8.75. The predicted octanol–water partition coefficient (Wildman–Crippen LogP) is 3.36. The van der Waals surface area contributed by atoms with Gasteiger partial charge >= 0.3 is 0 Å². The van der Waals surface area contributed by atoms with E-state index in [0.29, 0.717) is 18.8 Å². The number of para-hydroxylation sites is 1. The lowest BCUT2D eigenvalue weighted by Crippen LogP contribution is -2.32. The highest BCUT2D eigenvalue weighted by atomic mass is 16.2. The van der Waals surface area contributed by atoms with Crippen LogP contribution >= 0.6 is 0 Å². The maximum absolute atomic E-state index is 12.3. The van der Waals surface area contributed by atoms with E-state index in [4.69, 9.17) is 0 Å². The molecular formula is C19H26N2O2. The summed E-state index contributed by atoms with van der Waals surface area (Å²) < 4.78 is 0. The van der Waals surface area contributed by atoms with Gasteiger partial charge in [0.15, 0.2) is 0 Å². The van der Waals surface area contributed by atoms with Crippen molar-refractivity contribution < 1.29 is 9.59 Å². The predicted molar refractivity (Wildman–Crippen MR) is 91.1 cm³/mol. The van der Waals surface area contributed by atoms with Gasteiger partial charge in [0.25, 0.3) is 0 Å². The number of nitrogens with one attached hydrogen (secondary N) is 1. The number of anilines is 1. The third kappa shape index (κ3) is 4.57. The average Bonchev–Trinajstić information content (AvgIpc) is 3.35. The summed E-state index contributed by atoms with van der Waals surface area (Å²) in [7, 11) is 0. The molecule has 1 aromatic carbocycles. The van der Waals surface area contributed by atoms with Crippen LogP contribution < -0.4 is 5.32 Å². The molecule has 1 N–H and O–H groups in total. The number of hydrogen-bond acceptors (Lipinski definition) is 2. The van der Waals surface area contributed by atoms with Crippen molar-refractivity contribution in [2.24, 2.45) is 11.8 Å². The van der Waals surface area contributed by atoms with Crippen LogP contribution in [0.2, 0.25) is 0 Å². The van der Waals surface area contributed by atoms with Crippen molar-refractivity contribution >= 4 is 17.5 Å². The number of rotatable bonds is 5. The number of hydrogen-bond donors (Lipinski definition) is 1. The molecule has 1 unspecified atom stereocenters. The number of benzene rings is 1. The van der Waals surface area contributed by atoms with Gasteiger partial charge < -0.3 is 10.2 Å². The number of amides is 2. The molecule has 0 aromatic heterocycles. The summed E-state index contributed by atoms with van der Waals surface area (Å²) in [6.07, 6.45) is 5.42. The Bertz CT molecular complexity index is 580. The van der Waals surface area contributed by atoms with E-state index in [1.54, 1.807) is 0 Å². The first-order valence-corrected chi connectivity index (χ1v) is 8.75. The molecule has 1 atom stereocenters. The Labute approximate surface area is 138 Å². The Morgan fingerprint density at radius 2 is 1.96 bits per heavy atom. The van der Waals surface area contributed by atoms with Gasteiger partial charge in [-0.1, -0.05) is 18.2 Å². The van der Waals surface area contributed by atoms with Crippen LogP contribution in [0.3, 0.4) is 0 Å². The number of nitrogens with zero attached hydrogens (tertiary/aromatic N) is 1. The third-order valence-corrected chi connectivity index (χ3v) is 5.00. The largest absolute Gasteiger partial charge is 0.342 e. The van der Waals surface area contributed by atoms with Gasteiger partial charge in [0.1, 0.15) is 0 Å². The molecule has 4 nitrogen and oxygen atoms in total. The highest BCUT2D eigenvalue weighted by Crippen LogP contribution is 2.31. The van der Waals surface area contributed by atoms with Crippen molar-refractivity contribution in [2.75, 3.05) is 18.4 Å². The molecule has 3 rings (SSSR count). The molecule has 1 aliphatic carbocycles. The van der Waals surface area contributed by atoms with Gasteiger partial charge in [-0.25, -0.2) is 0 Å². The normalized spacial score (nSPS) is 21.9. The third-order valence-electron chi connectivity index (χ3n) is 5.00. The van der Waals surface area contributed by atoms with E-state index in [2.05, 4.69) is 5.32 Å². The highest BCUT2D eigenvalue weighted by molar-refractivity contribution is 5.91. The van der Waals surface area contributed by atoms with E-state index >= 15 is 0 Å². The van der Waals surface area contributed by atoms with E-state index in [-0.39, 0.29) is 11.8 Å². The van der Waals surface area contributed by atoms with Gasteiger partial charge in [0.05, 0.1) is 0 Å². The minimum Gasteiger partial charge on any atom is -0.342 e. The zero-order valence-electron chi connectivity index (χ0n) is 13.9. The second-order valence-electron chi connectivity index (χ2n) is 7.04. The molecule has 1 aliphatic heterocycles. The highest BCUT2D eigenvalue weighted by Gasteiger charge is 2.29. The van der Waals surface area contributed by atoms with Gasteiger partial charge in [-0.05, 0) is 56.1 Å². The molecule has 0 bridgehead atoms. The van der Waals surface area contributed by atoms with Gasteiger partial charge in [0, 0.05) is 31.6 Å². The Morgan fingerprint density at radius 1 is 1.17 bits per heavy atom. The van der Waals surface area contributed by atoms with Crippen molar-refractivity contribution in [3.05, 3.63) is 29.8 Å². The van der Waals surface area contributed by atoms with Crippen LogP contribution in [0.25, 0.3) is 0 Å². The minimum absolute atomic E-state index is 0.0624. The zero-order chi connectivity index (χ0) is 16.2. The molecule has 1 saturated carbocycles. The number of likely N-dealkylation sites (tertiary alicyclic amines) is 1. The summed E-state index contributed by atoms with van der Waals surface area (Å²) in [6, 6.07) is 7.83. The molecule has 4 heteroatoms.